The van der Waals surface area contributed by atoms with Crippen LogP contribution in [0.15, 0.2) is 91.0 Å². The zero-order valence-electron chi connectivity index (χ0n) is 16.2. The van der Waals surface area contributed by atoms with Crippen molar-refractivity contribution in [1.29, 1.82) is 0 Å². The fourth-order valence-electron chi connectivity index (χ4n) is 2.93. The highest BCUT2D eigenvalue weighted by Gasteiger charge is 2.17. The van der Waals surface area contributed by atoms with Crippen molar-refractivity contribution >= 4 is 11.9 Å². The van der Waals surface area contributed by atoms with E-state index in [1.807, 2.05) is 30.3 Å². The minimum atomic E-state index is -0.371. The number of ether oxygens (including phenoxy) is 2. The molecule has 148 valence electrons. The lowest BCUT2D eigenvalue weighted by atomic mass is 10.0. The molecule has 4 nitrogen and oxygen atoms in total. The number of carbonyl (C=O) groups is 2. The molecule has 0 aliphatic rings. The Morgan fingerprint density at radius 1 is 0.621 bits per heavy atom. The van der Waals surface area contributed by atoms with Crippen LogP contribution >= 0.6 is 0 Å². The summed E-state index contributed by atoms with van der Waals surface area (Å²) in [5, 5.41) is 0. The Balaban J connectivity index is 1.57. The van der Waals surface area contributed by atoms with Gasteiger partial charge in [-0.1, -0.05) is 66.7 Å². The molecule has 0 saturated carbocycles. The van der Waals surface area contributed by atoms with E-state index in [-0.39, 0.29) is 31.1 Å². The predicted molar refractivity (Wildman–Crippen MR) is 112 cm³/mol. The Kier molecular flexibility index (Phi) is 7.58. The zero-order valence-corrected chi connectivity index (χ0v) is 16.2. The van der Waals surface area contributed by atoms with Gasteiger partial charge in [0.2, 0.25) is 0 Å². The first-order valence-corrected chi connectivity index (χ1v) is 9.70. The summed E-state index contributed by atoms with van der Waals surface area (Å²) in [6.07, 6.45) is 1.56. The SMILES string of the molecule is O=C(OCC(CCc1ccccc1)COC(=O)c1ccccc1)c1ccccc1. The summed E-state index contributed by atoms with van der Waals surface area (Å²) in [5.41, 5.74) is 2.22. The number of hydrogen-bond acceptors (Lipinski definition) is 4. The molecule has 29 heavy (non-hydrogen) atoms. The van der Waals surface area contributed by atoms with E-state index < -0.39 is 0 Å². The summed E-state index contributed by atoms with van der Waals surface area (Å²) in [7, 11) is 0. The third-order valence-corrected chi connectivity index (χ3v) is 4.60. The first-order chi connectivity index (χ1) is 14.2. The van der Waals surface area contributed by atoms with Crippen molar-refractivity contribution in [3.63, 3.8) is 0 Å². The van der Waals surface area contributed by atoms with Gasteiger partial charge in [-0.3, -0.25) is 0 Å². The summed E-state index contributed by atoms with van der Waals surface area (Å²) in [5.74, 6) is -0.829. The van der Waals surface area contributed by atoms with Gasteiger partial charge in [0.05, 0.1) is 24.3 Å². The summed E-state index contributed by atoms with van der Waals surface area (Å²) < 4.78 is 11.0. The molecule has 3 aromatic rings. The Labute approximate surface area is 171 Å². The lowest BCUT2D eigenvalue weighted by molar-refractivity contribution is 0.0247. The lowest BCUT2D eigenvalue weighted by Crippen LogP contribution is -2.22. The molecular formula is C25H24O4. The van der Waals surface area contributed by atoms with E-state index in [1.165, 1.54) is 5.56 Å². The third-order valence-electron chi connectivity index (χ3n) is 4.60. The molecular weight excluding hydrogens is 364 g/mol. The van der Waals surface area contributed by atoms with E-state index in [4.69, 9.17) is 9.47 Å². The van der Waals surface area contributed by atoms with Crippen molar-refractivity contribution in [1.82, 2.24) is 0 Å². The molecule has 0 radical (unpaired) electrons. The van der Waals surface area contributed by atoms with Crippen LogP contribution in [-0.2, 0) is 15.9 Å². The molecule has 3 rings (SSSR count). The van der Waals surface area contributed by atoms with Crippen LogP contribution in [-0.4, -0.2) is 25.2 Å². The standard InChI is InChI=1S/C25H24O4/c26-24(22-12-6-2-7-13-22)28-18-21(17-16-20-10-4-1-5-11-20)19-29-25(27)23-14-8-3-9-15-23/h1-15,21H,16-19H2. The number of benzene rings is 3. The van der Waals surface area contributed by atoms with Gasteiger partial charge in [0.25, 0.3) is 0 Å². The fraction of sp³-hybridized carbons (Fsp3) is 0.200. The largest absolute Gasteiger partial charge is 0.462 e. The number of hydrogen-bond donors (Lipinski definition) is 0. The van der Waals surface area contributed by atoms with Gasteiger partial charge in [0.1, 0.15) is 0 Å². The molecule has 0 N–H and O–H groups in total. The molecule has 0 aliphatic heterocycles. The van der Waals surface area contributed by atoms with Crippen molar-refractivity contribution in [3.8, 4) is 0 Å². The molecule has 0 spiro atoms. The van der Waals surface area contributed by atoms with Gasteiger partial charge in [0, 0.05) is 5.92 Å². The van der Waals surface area contributed by atoms with Crippen LogP contribution in [0.2, 0.25) is 0 Å². The lowest BCUT2D eigenvalue weighted by Gasteiger charge is -2.17. The van der Waals surface area contributed by atoms with E-state index in [9.17, 15) is 9.59 Å². The smallest absolute Gasteiger partial charge is 0.338 e. The summed E-state index contributed by atoms with van der Waals surface area (Å²) in [6.45, 7) is 0.394. The van der Waals surface area contributed by atoms with Gasteiger partial charge in [-0.15, -0.1) is 0 Å². The van der Waals surface area contributed by atoms with Crippen molar-refractivity contribution in [2.75, 3.05) is 13.2 Å². The van der Waals surface area contributed by atoms with Crippen LogP contribution in [0.4, 0.5) is 0 Å². The van der Waals surface area contributed by atoms with Crippen LogP contribution in [0.5, 0.6) is 0 Å². The highest BCUT2D eigenvalue weighted by Crippen LogP contribution is 2.14. The first kappa shape index (κ1) is 20.3. The second kappa shape index (κ2) is 10.8. The second-order valence-electron chi connectivity index (χ2n) is 6.82. The molecule has 4 heteroatoms. The molecule has 0 fully saturated rings. The summed E-state index contributed by atoms with van der Waals surface area (Å²) >= 11 is 0. The van der Waals surface area contributed by atoms with Gasteiger partial charge < -0.3 is 9.47 Å². The van der Waals surface area contributed by atoms with Crippen LogP contribution in [0.3, 0.4) is 0 Å². The monoisotopic (exact) mass is 388 g/mol. The Hall–Kier alpha value is -3.40. The number of rotatable bonds is 9. The van der Waals surface area contributed by atoms with Gasteiger partial charge >= 0.3 is 11.9 Å². The fourth-order valence-corrected chi connectivity index (χ4v) is 2.93. The van der Waals surface area contributed by atoms with Gasteiger partial charge in [0.15, 0.2) is 0 Å². The van der Waals surface area contributed by atoms with E-state index >= 15 is 0 Å². The van der Waals surface area contributed by atoms with Crippen molar-refractivity contribution < 1.29 is 19.1 Å². The quantitative estimate of drug-likeness (QED) is 0.487. The zero-order chi connectivity index (χ0) is 20.3. The van der Waals surface area contributed by atoms with E-state index in [1.54, 1.807) is 48.5 Å². The van der Waals surface area contributed by atoms with Crippen molar-refractivity contribution in [3.05, 3.63) is 108 Å². The molecule has 0 aromatic heterocycles. The van der Waals surface area contributed by atoms with Crippen LogP contribution in [0.25, 0.3) is 0 Å². The number of aryl methyl sites for hydroxylation is 1. The highest BCUT2D eigenvalue weighted by molar-refractivity contribution is 5.89. The number of esters is 2. The normalized spacial score (nSPS) is 10.5. The third kappa shape index (κ3) is 6.61. The second-order valence-corrected chi connectivity index (χ2v) is 6.82. The van der Waals surface area contributed by atoms with Crippen molar-refractivity contribution in [2.24, 2.45) is 5.92 Å². The van der Waals surface area contributed by atoms with Crippen LogP contribution in [0.1, 0.15) is 32.7 Å². The minimum Gasteiger partial charge on any atom is -0.462 e. The summed E-state index contributed by atoms with van der Waals surface area (Å²) in [4.78, 5) is 24.5. The molecule has 0 bridgehead atoms. The summed E-state index contributed by atoms with van der Waals surface area (Å²) in [6, 6.07) is 27.8. The molecule has 0 atom stereocenters. The molecule has 0 saturated heterocycles. The van der Waals surface area contributed by atoms with E-state index in [0.29, 0.717) is 11.1 Å². The van der Waals surface area contributed by atoms with Gasteiger partial charge in [-0.05, 0) is 42.7 Å². The predicted octanol–water partition coefficient (Wildman–Crippen LogP) is 4.95. The Morgan fingerprint density at radius 3 is 1.48 bits per heavy atom. The maximum absolute atomic E-state index is 12.3. The first-order valence-electron chi connectivity index (χ1n) is 9.70. The van der Waals surface area contributed by atoms with Crippen molar-refractivity contribution in [2.45, 2.75) is 12.8 Å². The minimum absolute atomic E-state index is 0.0875. The maximum atomic E-state index is 12.3. The molecule has 0 heterocycles. The molecule has 0 unspecified atom stereocenters. The van der Waals surface area contributed by atoms with E-state index in [0.717, 1.165) is 12.8 Å². The molecule has 0 aliphatic carbocycles. The Morgan fingerprint density at radius 2 is 1.03 bits per heavy atom. The van der Waals surface area contributed by atoms with E-state index in [2.05, 4.69) is 12.1 Å². The van der Waals surface area contributed by atoms with Crippen LogP contribution < -0.4 is 0 Å². The topological polar surface area (TPSA) is 52.6 Å². The average Bonchev–Trinajstić information content (AvgIpc) is 2.80. The van der Waals surface area contributed by atoms with Gasteiger partial charge in [-0.2, -0.15) is 0 Å². The Bertz CT molecular complexity index is 836. The molecule has 3 aromatic carbocycles. The average molecular weight is 388 g/mol. The van der Waals surface area contributed by atoms with Gasteiger partial charge in [-0.25, -0.2) is 9.59 Å². The maximum Gasteiger partial charge on any atom is 0.338 e. The van der Waals surface area contributed by atoms with Crippen LogP contribution in [0, 0.1) is 5.92 Å². The number of carbonyl (C=O) groups excluding carboxylic acids is 2. The molecule has 0 amide bonds. The highest BCUT2D eigenvalue weighted by atomic mass is 16.5.